The van der Waals surface area contributed by atoms with E-state index >= 15 is 0 Å². The van der Waals surface area contributed by atoms with Gasteiger partial charge in [-0.15, -0.1) is 0 Å². The van der Waals surface area contributed by atoms with Crippen LogP contribution in [0.25, 0.3) is 0 Å². The summed E-state index contributed by atoms with van der Waals surface area (Å²) >= 11 is 0. The van der Waals surface area contributed by atoms with Crippen LogP contribution in [-0.2, 0) is 13.1 Å². The molecule has 3 N–H and O–H groups in total. The van der Waals surface area contributed by atoms with E-state index in [4.69, 9.17) is 5.73 Å². The van der Waals surface area contributed by atoms with Gasteiger partial charge in [0, 0.05) is 25.7 Å². The molecule has 1 aromatic rings. The molecular formula is C19H33N3. The Labute approximate surface area is 136 Å². The van der Waals surface area contributed by atoms with Gasteiger partial charge in [-0.05, 0) is 43.5 Å². The summed E-state index contributed by atoms with van der Waals surface area (Å²) < 4.78 is 0. The van der Waals surface area contributed by atoms with E-state index in [-0.39, 0.29) is 0 Å². The predicted molar refractivity (Wildman–Crippen MR) is 94.8 cm³/mol. The van der Waals surface area contributed by atoms with Crippen LogP contribution in [0.1, 0.15) is 56.6 Å². The SMILES string of the molecule is CCCCC(N)CNCc1ccc(CN2CCCCC2)cc1. The summed E-state index contributed by atoms with van der Waals surface area (Å²) in [6.07, 6.45) is 7.71. The fraction of sp³-hybridized carbons (Fsp3) is 0.684. The van der Waals surface area contributed by atoms with Gasteiger partial charge in [-0.1, -0.05) is 50.5 Å². The number of rotatable bonds is 9. The van der Waals surface area contributed by atoms with E-state index in [1.165, 1.54) is 56.3 Å². The molecule has 3 heteroatoms. The smallest absolute Gasteiger partial charge is 0.0233 e. The first-order chi connectivity index (χ1) is 10.8. The first kappa shape index (κ1) is 17.5. The molecule has 0 spiro atoms. The van der Waals surface area contributed by atoms with Crippen molar-refractivity contribution in [1.82, 2.24) is 10.2 Å². The van der Waals surface area contributed by atoms with Crippen LogP contribution in [0.2, 0.25) is 0 Å². The Morgan fingerprint density at radius 1 is 1.09 bits per heavy atom. The highest BCUT2D eigenvalue weighted by atomic mass is 15.1. The first-order valence-electron chi connectivity index (χ1n) is 9.04. The molecular weight excluding hydrogens is 270 g/mol. The third kappa shape index (κ3) is 6.47. The lowest BCUT2D eigenvalue weighted by molar-refractivity contribution is 0.221. The predicted octanol–water partition coefficient (Wildman–Crippen LogP) is 3.28. The molecule has 0 radical (unpaired) electrons. The second-order valence-electron chi connectivity index (χ2n) is 6.69. The van der Waals surface area contributed by atoms with Crippen LogP contribution < -0.4 is 11.1 Å². The minimum absolute atomic E-state index is 0.290. The zero-order valence-electron chi connectivity index (χ0n) is 14.2. The summed E-state index contributed by atoms with van der Waals surface area (Å²) in [6, 6.07) is 9.36. The molecule has 1 unspecified atom stereocenters. The highest BCUT2D eigenvalue weighted by molar-refractivity contribution is 5.22. The molecule has 1 atom stereocenters. The number of unbranched alkanes of at least 4 members (excludes halogenated alkanes) is 1. The molecule has 2 rings (SSSR count). The third-order valence-corrected chi connectivity index (χ3v) is 4.54. The van der Waals surface area contributed by atoms with Gasteiger partial charge in [-0.3, -0.25) is 4.90 Å². The summed E-state index contributed by atoms with van der Waals surface area (Å²) in [5, 5.41) is 3.48. The standard InChI is InChI=1S/C19H33N3/c1-2-3-7-19(20)15-21-14-17-8-10-18(11-9-17)16-22-12-5-4-6-13-22/h8-11,19,21H,2-7,12-16,20H2,1H3. The van der Waals surface area contributed by atoms with Crippen molar-refractivity contribution in [1.29, 1.82) is 0 Å². The molecule has 1 aliphatic heterocycles. The summed E-state index contributed by atoms with van der Waals surface area (Å²) in [5.74, 6) is 0. The van der Waals surface area contributed by atoms with E-state index in [1.54, 1.807) is 0 Å². The quantitative estimate of drug-likeness (QED) is 0.735. The molecule has 1 aromatic carbocycles. The lowest BCUT2D eigenvalue weighted by Gasteiger charge is -2.26. The van der Waals surface area contributed by atoms with Gasteiger partial charge in [-0.25, -0.2) is 0 Å². The molecule has 0 amide bonds. The minimum Gasteiger partial charge on any atom is -0.327 e. The van der Waals surface area contributed by atoms with Gasteiger partial charge in [0.05, 0.1) is 0 Å². The zero-order chi connectivity index (χ0) is 15.6. The van der Waals surface area contributed by atoms with Crippen molar-refractivity contribution in [3.63, 3.8) is 0 Å². The monoisotopic (exact) mass is 303 g/mol. The van der Waals surface area contributed by atoms with Crippen LogP contribution in [0.3, 0.4) is 0 Å². The number of piperidine rings is 1. The number of benzene rings is 1. The fourth-order valence-corrected chi connectivity index (χ4v) is 3.11. The molecule has 22 heavy (non-hydrogen) atoms. The Bertz CT molecular complexity index is 396. The summed E-state index contributed by atoms with van der Waals surface area (Å²) in [7, 11) is 0. The maximum atomic E-state index is 6.08. The zero-order valence-corrected chi connectivity index (χ0v) is 14.2. The van der Waals surface area contributed by atoms with Crippen LogP contribution in [0, 0.1) is 0 Å². The third-order valence-electron chi connectivity index (χ3n) is 4.54. The summed E-state index contributed by atoms with van der Waals surface area (Å²) in [5.41, 5.74) is 8.87. The second kappa shape index (κ2) is 9.98. The van der Waals surface area contributed by atoms with Crippen molar-refractivity contribution in [3.8, 4) is 0 Å². The minimum atomic E-state index is 0.290. The molecule has 0 bridgehead atoms. The Kier molecular flexibility index (Phi) is 7.92. The van der Waals surface area contributed by atoms with E-state index in [1.807, 2.05) is 0 Å². The van der Waals surface area contributed by atoms with Gasteiger partial charge >= 0.3 is 0 Å². The Balaban J connectivity index is 1.67. The lowest BCUT2D eigenvalue weighted by atomic mass is 10.1. The highest BCUT2D eigenvalue weighted by Gasteiger charge is 2.10. The van der Waals surface area contributed by atoms with Gasteiger partial charge in [0.15, 0.2) is 0 Å². The topological polar surface area (TPSA) is 41.3 Å². The number of likely N-dealkylation sites (tertiary alicyclic amines) is 1. The van der Waals surface area contributed by atoms with Crippen molar-refractivity contribution >= 4 is 0 Å². The molecule has 1 saturated heterocycles. The molecule has 1 fully saturated rings. The van der Waals surface area contributed by atoms with Crippen molar-refractivity contribution in [3.05, 3.63) is 35.4 Å². The van der Waals surface area contributed by atoms with Gasteiger partial charge < -0.3 is 11.1 Å². The van der Waals surface area contributed by atoms with E-state index < -0.39 is 0 Å². The molecule has 1 aliphatic rings. The van der Waals surface area contributed by atoms with Crippen LogP contribution >= 0.6 is 0 Å². The second-order valence-corrected chi connectivity index (χ2v) is 6.69. The van der Waals surface area contributed by atoms with Gasteiger partial charge in [0.2, 0.25) is 0 Å². The molecule has 1 heterocycles. The number of nitrogens with zero attached hydrogens (tertiary/aromatic N) is 1. The van der Waals surface area contributed by atoms with Gasteiger partial charge in [0.1, 0.15) is 0 Å². The fourth-order valence-electron chi connectivity index (χ4n) is 3.11. The summed E-state index contributed by atoms with van der Waals surface area (Å²) in [6.45, 7) is 7.68. The first-order valence-corrected chi connectivity index (χ1v) is 9.04. The number of hydrogen-bond acceptors (Lipinski definition) is 3. The Morgan fingerprint density at radius 3 is 2.45 bits per heavy atom. The van der Waals surface area contributed by atoms with Gasteiger partial charge in [-0.2, -0.15) is 0 Å². The molecule has 124 valence electrons. The molecule has 0 saturated carbocycles. The Morgan fingerprint density at radius 2 is 1.77 bits per heavy atom. The average Bonchev–Trinajstić information content (AvgIpc) is 2.55. The van der Waals surface area contributed by atoms with E-state index in [2.05, 4.69) is 41.4 Å². The normalized spacial score (nSPS) is 17.5. The molecule has 0 aliphatic carbocycles. The van der Waals surface area contributed by atoms with E-state index in [0.717, 1.165) is 26.1 Å². The maximum Gasteiger partial charge on any atom is 0.0233 e. The Hall–Kier alpha value is -0.900. The summed E-state index contributed by atoms with van der Waals surface area (Å²) in [4.78, 5) is 2.57. The van der Waals surface area contributed by atoms with Crippen molar-refractivity contribution in [2.75, 3.05) is 19.6 Å². The molecule has 0 aromatic heterocycles. The largest absolute Gasteiger partial charge is 0.327 e. The average molecular weight is 303 g/mol. The van der Waals surface area contributed by atoms with Crippen molar-refractivity contribution < 1.29 is 0 Å². The van der Waals surface area contributed by atoms with Crippen molar-refractivity contribution in [2.45, 2.75) is 64.6 Å². The maximum absolute atomic E-state index is 6.08. The number of hydrogen-bond donors (Lipinski definition) is 2. The van der Waals surface area contributed by atoms with E-state index in [0.29, 0.717) is 6.04 Å². The van der Waals surface area contributed by atoms with Crippen molar-refractivity contribution in [2.24, 2.45) is 5.73 Å². The van der Waals surface area contributed by atoms with Crippen LogP contribution in [0.5, 0.6) is 0 Å². The van der Waals surface area contributed by atoms with Crippen LogP contribution in [0.15, 0.2) is 24.3 Å². The van der Waals surface area contributed by atoms with E-state index in [9.17, 15) is 0 Å². The lowest BCUT2D eigenvalue weighted by Crippen LogP contribution is -2.33. The number of nitrogens with two attached hydrogens (primary N) is 1. The van der Waals surface area contributed by atoms with Gasteiger partial charge in [0.25, 0.3) is 0 Å². The molecule has 3 nitrogen and oxygen atoms in total. The number of nitrogens with one attached hydrogen (secondary N) is 1. The van der Waals surface area contributed by atoms with Crippen LogP contribution in [0.4, 0.5) is 0 Å². The van der Waals surface area contributed by atoms with Crippen LogP contribution in [-0.4, -0.2) is 30.6 Å². The highest BCUT2D eigenvalue weighted by Crippen LogP contribution is 2.13.